The van der Waals surface area contributed by atoms with Gasteiger partial charge in [0.1, 0.15) is 0 Å². The van der Waals surface area contributed by atoms with Gasteiger partial charge in [0.25, 0.3) is 0 Å². The zero-order valence-corrected chi connectivity index (χ0v) is 16.0. The lowest BCUT2D eigenvalue weighted by Crippen LogP contribution is -2.22. The van der Waals surface area contributed by atoms with Crippen LogP contribution in [-0.2, 0) is 6.54 Å². The van der Waals surface area contributed by atoms with Gasteiger partial charge in [-0.15, -0.1) is 11.3 Å². The zero-order chi connectivity index (χ0) is 18.2. The maximum atomic E-state index is 4.59. The minimum Gasteiger partial charge on any atom is -0.300 e. The summed E-state index contributed by atoms with van der Waals surface area (Å²) < 4.78 is 0. The normalized spacial score (nSPS) is 11.3. The fourth-order valence-electron chi connectivity index (χ4n) is 2.72. The van der Waals surface area contributed by atoms with Crippen molar-refractivity contribution in [1.82, 2.24) is 9.88 Å². The van der Waals surface area contributed by atoms with E-state index in [9.17, 15) is 0 Å². The van der Waals surface area contributed by atoms with Crippen molar-refractivity contribution in [1.29, 1.82) is 0 Å². The Bertz CT molecular complexity index is 838. The van der Waals surface area contributed by atoms with Crippen LogP contribution in [0.25, 0.3) is 11.3 Å². The summed E-state index contributed by atoms with van der Waals surface area (Å²) >= 11 is 1.56. The summed E-state index contributed by atoms with van der Waals surface area (Å²) in [5.41, 5.74) is 7.55. The minimum absolute atomic E-state index is 0.793. The second kappa shape index (κ2) is 9.27. The van der Waals surface area contributed by atoms with Crippen molar-refractivity contribution in [3.05, 3.63) is 71.1 Å². The van der Waals surface area contributed by atoms with Gasteiger partial charge in [0, 0.05) is 17.5 Å². The van der Waals surface area contributed by atoms with E-state index in [2.05, 4.69) is 64.6 Å². The lowest BCUT2D eigenvalue weighted by molar-refractivity contribution is 0.296. The average molecular weight is 365 g/mol. The fourth-order valence-corrected chi connectivity index (χ4v) is 3.38. The lowest BCUT2D eigenvalue weighted by Gasteiger charge is -2.19. The van der Waals surface area contributed by atoms with Crippen molar-refractivity contribution in [3.63, 3.8) is 0 Å². The van der Waals surface area contributed by atoms with Gasteiger partial charge in [0.05, 0.1) is 11.9 Å². The number of hydrazone groups is 1. The van der Waals surface area contributed by atoms with E-state index >= 15 is 0 Å². The number of thiazole rings is 1. The summed E-state index contributed by atoms with van der Waals surface area (Å²) in [5.74, 6) is 0. The number of nitrogens with zero attached hydrogens (tertiary/aromatic N) is 3. The van der Waals surface area contributed by atoms with E-state index in [1.54, 1.807) is 11.3 Å². The van der Waals surface area contributed by atoms with Crippen LogP contribution in [0.1, 0.15) is 25.0 Å². The summed E-state index contributed by atoms with van der Waals surface area (Å²) in [6.07, 6.45) is 1.88. The molecule has 4 nitrogen and oxygen atoms in total. The van der Waals surface area contributed by atoms with E-state index in [0.29, 0.717) is 0 Å². The zero-order valence-electron chi connectivity index (χ0n) is 15.2. The monoisotopic (exact) mass is 364 g/mol. The Morgan fingerprint density at radius 3 is 2.54 bits per heavy atom. The molecule has 2 aromatic carbocycles. The summed E-state index contributed by atoms with van der Waals surface area (Å²) in [7, 11) is 0. The average Bonchev–Trinajstić information content (AvgIpc) is 3.17. The highest BCUT2D eigenvalue weighted by atomic mass is 32.1. The summed E-state index contributed by atoms with van der Waals surface area (Å²) in [6.45, 7) is 7.40. The van der Waals surface area contributed by atoms with E-state index in [4.69, 9.17) is 0 Å². The van der Waals surface area contributed by atoms with Gasteiger partial charge in [-0.2, -0.15) is 5.10 Å². The first-order valence-corrected chi connectivity index (χ1v) is 9.78. The molecule has 5 heteroatoms. The third kappa shape index (κ3) is 4.77. The highest BCUT2D eigenvalue weighted by Gasteiger charge is 2.05. The van der Waals surface area contributed by atoms with Crippen molar-refractivity contribution in [2.45, 2.75) is 20.4 Å². The third-order valence-electron chi connectivity index (χ3n) is 4.28. The van der Waals surface area contributed by atoms with Crippen LogP contribution < -0.4 is 5.43 Å². The molecule has 0 saturated heterocycles. The second-order valence-corrected chi connectivity index (χ2v) is 6.79. The highest BCUT2D eigenvalue weighted by molar-refractivity contribution is 7.14. The summed E-state index contributed by atoms with van der Waals surface area (Å²) in [4.78, 5) is 6.99. The Morgan fingerprint density at radius 1 is 1.04 bits per heavy atom. The maximum Gasteiger partial charge on any atom is 0.203 e. The Morgan fingerprint density at radius 2 is 1.77 bits per heavy atom. The molecule has 1 N–H and O–H groups in total. The van der Waals surface area contributed by atoms with E-state index in [1.807, 2.05) is 35.9 Å². The molecule has 0 radical (unpaired) electrons. The van der Waals surface area contributed by atoms with Crippen LogP contribution in [-0.4, -0.2) is 29.2 Å². The molecule has 0 aliphatic rings. The Labute approximate surface area is 159 Å². The molecule has 0 spiro atoms. The molecule has 26 heavy (non-hydrogen) atoms. The number of anilines is 1. The number of rotatable bonds is 8. The first-order chi connectivity index (χ1) is 12.8. The van der Waals surface area contributed by atoms with Crippen molar-refractivity contribution >= 4 is 22.7 Å². The molecule has 0 unspecified atom stereocenters. The van der Waals surface area contributed by atoms with Crippen molar-refractivity contribution in [2.24, 2.45) is 5.10 Å². The maximum absolute atomic E-state index is 4.59. The SMILES string of the molecule is CCN(CC)Cc1ccccc1C=NNc1nc(-c2ccccc2)cs1. The molecule has 1 heterocycles. The molecule has 0 atom stereocenters. The fraction of sp³-hybridized carbons (Fsp3) is 0.238. The van der Waals surface area contributed by atoms with Gasteiger partial charge in [0.15, 0.2) is 0 Å². The molecule has 3 rings (SSSR count). The Balaban J connectivity index is 1.67. The van der Waals surface area contributed by atoms with E-state index in [-0.39, 0.29) is 0 Å². The lowest BCUT2D eigenvalue weighted by atomic mass is 10.1. The number of nitrogens with one attached hydrogen (secondary N) is 1. The van der Waals surface area contributed by atoms with Gasteiger partial charge < -0.3 is 0 Å². The van der Waals surface area contributed by atoms with Gasteiger partial charge in [0.2, 0.25) is 5.13 Å². The summed E-state index contributed by atoms with van der Waals surface area (Å²) in [5, 5.41) is 7.23. The van der Waals surface area contributed by atoms with E-state index in [1.165, 1.54) is 5.56 Å². The molecule has 134 valence electrons. The molecular formula is C21H24N4S. The molecule has 0 aliphatic heterocycles. The molecule has 3 aromatic rings. The second-order valence-electron chi connectivity index (χ2n) is 5.93. The van der Waals surface area contributed by atoms with Crippen molar-refractivity contribution in [3.8, 4) is 11.3 Å². The van der Waals surface area contributed by atoms with Crippen LogP contribution >= 0.6 is 11.3 Å². The smallest absolute Gasteiger partial charge is 0.203 e. The Kier molecular flexibility index (Phi) is 6.52. The Hall–Kier alpha value is -2.50. The van der Waals surface area contributed by atoms with Gasteiger partial charge >= 0.3 is 0 Å². The van der Waals surface area contributed by atoms with Crippen LogP contribution in [0.15, 0.2) is 65.1 Å². The molecule has 0 bridgehead atoms. The predicted molar refractivity (Wildman–Crippen MR) is 112 cm³/mol. The van der Waals surface area contributed by atoms with Gasteiger partial charge in [-0.05, 0) is 24.2 Å². The summed E-state index contributed by atoms with van der Waals surface area (Å²) in [6, 6.07) is 18.6. The first-order valence-electron chi connectivity index (χ1n) is 8.90. The molecule has 0 saturated carbocycles. The standard InChI is InChI=1S/C21H24N4S/c1-3-25(4-2)15-19-13-9-8-12-18(19)14-22-24-21-23-20(16-26-21)17-10-6-5-7-11-17/h5-14,16H,3-4,15H2,1-2H3,(H,23,24). The molecule has 1 aromatic heterocycles. The van der Waals surface area contributed by atoms with Crippen molar-refractivity contribution in [2.75, 3.05) is 18.5 Å². The van der Waals surface area contributed by atoms with Crippen molar-refractivity contribution < 1.29 is 0 Å². The number of hydrogen-bond donors (Lipinski definition) is 1. The van der Waals surface area contributed by atoms with E-state index < -0.39 is 0 Å². The highest BCUT2D eigenvalue weighted by Crippen LogP contribution is 2.24. The molecule has 0 fully saturated rings. The number of aromatic nitrogens is 1. The van der Waals surface area contributed by atoms with Crippen LogP contribution in [0.5, 0.6) is 0 Å². The van der Waals surface area contributed by atoms with Gasteiger partial charge in [-0.25, -0.2) is 4.98 Å². The van der Waals surface area contributed by atoms with Gasteiger partial charge in [-0.1, -0.05) is 68.4 Å². The van der Waals surface area contributed by atoms with Crippen LogP contribution in [0.3, 0.4) is 0 Å². The molecule has 0 amide bonds. The quantitative estimate of drug-likeness (QED) is 0.447. The number of hydrogen-bond acceptors (Lipinski definition) is 5. The van der Waals surface area contributed by atoms with E-state index in [0.717, 1.165) is 41.6 Å². The largest absolute Gasteiger partial charge is 0.300 e. The van der Waals surface area contributed by atoms with Crippen LogP contribution in [0.4, 0.5) is 5.13 Å². The molecule has 0 aliphatic carbocycles. The minimum atomic E-state index is 0.793. The topological polar surface area (TPSA) is 40.5 Å². The third-order valence-corrected chi connectivity index (χ3v) is 5.03. The first kappa shape index (κ1) is 18.3. The number of benzene rings is 2. The van der Waals surface area contributed by atoms with Crippen LogP contribution in [0, 0.1) is 0 Å². The van der Waals surface area contributed by atoms with Crippen LogP contribution in [0.2, 0.25) is 0 Å². The molecular weight excluding hydrogens is 340 g/mol. The van der Waals surface area contributed by atoms with Gasteiger partial charge in [-0.3, -0.25) is 10.3 Å². The predicted octanol–water partition coefficient (Wildman–Crippen LogP) is 5.10.